The summed E-state index contributed by atoms with van der Waals surface area (Å²) in [4.78, 5) is 0.216. The molecule has 114 valence electrons. The smallest absolute Gasteiger partial charge is 0.185 e. The highest BCUT2D eigenvalue weighted by Crippen LogP contribution is 2.34. The van der Waals surface area contributed by atoms with Crippen molar-refractivity contribution in [1.82, 2.24) is 4.37 Å². The molecule has 1 aromatic rings. The Balaban J connectivity index is 2.20. The maximum Gasteiger partial charge on any atom is 0.185 e. The number of sulfone groups is 1. The van der Waals surface area contributed by atoms with E-state index in [0.717, 1.165) is 24.4 Å². The van der Waals surface area contributed by atoms with Gasteiger partial charge in [0.1, 0.15) is 9.90 Å². The summed E-state index contributed by atoms with van der Waals surface area (Å²) in [6, 6.07) is 0.341. The molecule has 0 aromatic carbocycles. The lowest BCUT2D eigenvalue weighted by molar-refractivity contribution is 0.594. The van der Waals surface area contributed by atoms with Gasteiger partial charge in [-0.15, -0.1) is 0 Å². The Labute approximate surface area is 125 Å². The van der Waals surface area contributed by atoms with Crippen LogP contribution in [0, 0.1) is 0 Å². The van der Waals surface area contributed by atoms with E-state index in [2.05, 4.69) is 9.69 Å². The van der Waals surface area contributed by atoms with Crippen LogP contribution in [0.5, 0.6) is 0 Å². The summed E-state index contributed by atoms with van der Waals surface area (Å²) in [5.41, 5.74) is 5.77. The van der Waals surface area contributed by atoms with Crippen LogP contribution in [0.15, 0.2) is 4.90 Å². The largest absolute Gasteiger partial charge is 0.382 e. The number of hydrogen-bond donors (Lipinski definition) is 2. The van der Waals surface area contributed by atoms with Crippen molar-refractivity contribution in [3.05, 3.63) is 0 Å². The highest BCUT2D eigenvalue weighted by Gasteiger charge is 2.26. The third kappa shape index (κ3) is 3.63. The number of nitrogens with zero attached hydrogens (tertiary/aromatic N) is 1. The van der Waals surface area contributed by atoms with Crippen LogP contribution in [0.1, 0.15) is 51.9 Å². The minimum absolute atomic E-state index is 0.120. The third-order valence-corrected chi connectivity index (χ3v) is 6.55. The van der Waals surface area contributed by atoms with Crippen LogP contribution in [0.3, 0.4) is 0 Å². The first-order chi connectivity index (χ1) is 9.54. The number of aromatic nitrogens is 1. The summed E-state index contributed by atoms with van der Waals surface area (Å²) in [5, 5.41) is 4.00. The third-order valence-electron chi connectivity index (χ3n) is 3.65. The fourth-order valence-corrected chi connectivity index (χ4v) is 5.35. The first-order valence-corrected chi connectivity index (χ1v) is 9.71. The lowest BCUT2D eigenvalue weighted by Gasteiger charge is -2.17. The maximum absolute atomic E-state index is 12.3. The molecule has 1 aromatic heterocycles. The van der Waals surface area contributed by atoms with E-state index in [1.165, 1.54) is 25.7 Å². The van der Waals surface area contributed by atoms with Crippen molar-refractivity contribution in [1.29, 1.82) is 0 Å². The van der Waals surface area contributed by atoms with E-state index in [9.17, 15) is 8.42 Å². The summed E-state index contributed by atoms with van der Waals surface area (Å²) >= 11 is 1.16. The number of nitrogens with one attached hydrogen (secondary N) is 1. The molecule has 0 saturated heterocycles. The SMILES string of the molecule is CCCS(=O)(=O)c1c(N)nsc1NC1CCCCCC1. The standard InChI is InChI=1S/C13H23N3O2S2/c1-2-9-20(17,18)11-12(14)16-19-13(11)15-10-7-5-3-4-6-8-10/h10,15H,2-9H2,1H3,(H2,14,16). The summed E-state index contributed by atoms with van der Waals surface area (Å²) in [6.45, 7) is 1.85. The van der Waals surface area contributed by atoms with Gasteiger partial charge in [-0.1, -0.05) is 32.6 Å². The van der Waals surface area contributed by atoms with Gasteiger partial charge in [-0.05, 0) is 30.8 Å². The monoisotopic (exact) mass is 317 g/mol. The van der Waals surface area contributed by atoms with Crippen molar-refractivity contribution in [3.63, 3.8) is 0 Å². The van der Waals surface area contributed by atoms with Gasteiger partial charge in [-0.3, -0.25) is 0 Å². The van der Waals surface area contributed by atoms with Crippen molar-refractivity contribution in [2.45, 2.75) is 62.8 Å². The molecular formula is C13H23N3O2S2. The fraction of sp³-hybridized carbons (Fsp3) is 0.769. The highest BCUT2D eigenvalue weighted by molar-refractivity contribution is 7.91. The second-order valence-corrected chi connectivity index (χ2v) is 8.20. The minimum atomic E-state index is -3.33. The molecule has 0 spiro atoms. The summed E-state index contributed by atoms with van der Waals surface area (Å²) in [6.07, 6.45) is 7.69. The first kappa shape index (κ1) is 15.6. The average Bonchev–Trinajstić information content (AvgIpc) is 2.60. The van der Waals surface area contributed by atoms with E-state index in [-0.39, 0.29) is 16.5 Å². The average molecular weight is 317 g/mol. The van der Waals surface area contributed by atoms with Crippen molar-refractivity contribution in [3.8, 4) is 0 Å². The molecule has 5 nitrogen and oxygen atoms in total. The molecule has 0 radical (unpaired) electrons. The maximum atomic E-state index is 12.3. The van der Waals surface area contributed by atoms with E-state index in [0.29, 0.717) is 17.5 Å². The Hall–Kier alpha value is -0.820. The molecule has 0 unspecified atom stereocenters. The van der Waals surface area contributed by atoms with Gasteiger partial charge in [0.15, 0.2) is 15.7 Å². The predicted molar refractivity (Wildman–Crippen MR) is 84.0 cm³/mol. The van der Waals surface area contributed by atoms with Gasteiger partial charge >= 0.3 is 0 Å². The van der Waals surface area contributed by atoms with Gasteiger partial charge in [0.25, 0.3) is 0 Å². The zero-order valence-electron chi connectivity index (χ0n) is 11.9. The second-order valence-electron chi connectivity index (χ2n) is 5.38. The Bertz CT molecular complexity index is 532. The number of rotatable bonds is 5. The van der Waals surface area contributed by atoms with Crippen LogP contribution in [0.2, 0.25) is 0 Å². The van der Waals surface area contributed by atoms with Gasteiger partial charge in [-0.2, -0.15) is 4.37 Å². The van der Waals surface area contributed by atoms with Gasteiger partial charge < -0.3 is 11.1 Å². The normalized spacial score (nSPS) is 17.9. The molecule has 7 heteroatoms. The molecule has 1 aliphatic carbocycles. The predicted octanol–water partition coefficient (Wildman–Crippen LogP) is 3.04. The summed E-state index contributed by atoms with van der Waals surface area (Å²) in [7, 11) is -3.33. The Morgan fingerprint density at radius 2 is 1.95 bits per heavy atom. The van der Waals surface area contributed by atoms with E-state index in [4.69, 9.17) is 5.73 Å². The van der Waals surface area contributed by atoms with Crippen molar-refractivity contribution >= 4 is 32.2 Å². The number of hydrogen-bond acceptors (Lipinski definition) is 6. The topological polar surface area (TPSA) is 85.1 Å². The van der Waals surface area contributed by atoms with Crippen LogP contribution >= 0.6 is 11.5 Å². The molecule has 1 heterocycles. The van der Waals surface area contributed by atoms with E-state index >= 15 is 0 Å². The van der Waals surface area contributed by atoms with Crippen LogP contribution < -0.4 is 11.1 Å². The molecule has 2 rings (SSSR count). The number of nitrogens with two attached hydrogens (primary N) is 1. The zero-order chi connectivity index (χ0) is 14.6. The molecule has 0 bridgehead atoms. The van der Waals surface area contributed by atoms with Gasteiger partial charge in [-0.25, -0.2) is 8.42 Å². The lowest BCUT2D eigenvalue weighted by Crippen LogP contribution is -2.19. The number of anilines is 2. The lowest BCUT2D eigenvalue weighted by atomic mass is 10.1. The van der Waals surface area contributed by atoms with Crippen LogP contribution in [-0.2, 0) is 9.84 Å². The summed E-state index contributed by atoms with van der Waals surface area (Å²) in [5.74, 6) is 0.258. The van der Waals surface area contributed by atoms with Crippen molar-refractivity contribution in [2.24, 2.45) is 0 Å². The Morgan fingerprint density at radius 1 is 1.30 bits per heavy atom. The van der Waals surface area contributed by atoms with Crippen LogP contribution in [0.4, 0.5) is 10.8 Å². The zero-order valence-corrected chi connectivity index (χ0v) is 13.5. The summed E-state index contributed by atoms with van der Waals surface area (Å²) < 4.78 is 28.6. The second kappa shape index (κ2) is 6.76. The first-order valence-electron chi connectivity index (χ1n) is 7.29. The molecule has 3 N–H and O–H groups in total. The Kier molecular flexibility index (Phi) is 5.26. The minimum Gasteiger partial charge on any atom is -0.382 e. The van der Waals surface area contributed by atoms with Gasteiger partial charge in [0.2, 0.25) is 0 Å². The van der Waals surface area contributed by atoms with E-state index in [1.807, 2.05) is 6.92 Å². The highest BCUT2D eigenvalue weighted by atomic mass is 32.2. The molecular weight excluding hydrogens is 294 g/mol. The molecule has 0 atom stereocenters. The molecule has 20 heavy (non-hydrogen) atoms. The van der Waals surface area contributed by atoms with E-state index in [1.54, 1.807) is 0 Å². The number of nitrogen functional groups attached to an aromatic ring is 1. The fourth-order valence-electron chi connectivity index (χ4n) is 2.67. The molecule has 1 fully saturated rings. The quantitative estimate of drug-likeness (QED) is 0.815. The van der Waals surface area contributed by atoms with Crippen molar-refractivity contribution in [2.75, 3.05) is 16.8 Å². The van der Waals surface area contributed by atoms with Gasteiger partial charge in [0, 0.05) is 6.04 Å². The van der Waals surface area contributed by atoms with Gasteiger partial charge in [0.05, 0.1) is 5.75 Å². The Morgan fingerprint density at radius 3 is 2.55 bits per heavy atom. The van der Waals surface area contributed by atoms with Crippen molar-refractivity contribution < 1.29 is 8.42 Å². The molecule has 1 saturated carbocycles. The van der Waals surface area contributed by atoms with Crippen LogP contribution in [-0.4, -0.2) is 24.6 Å². The molecule has 1 aliphatic rings. The van der Waals surface area contributed by atoms with Crippen LogP contribution in [0.25, 0.3) is 0 Å². The molecule has 0 amide bonds. The molecule has 0 aliphatic heterocycles. The van der Waals surface area contributed by atoms with E-state index < -0.39 is 9.84 Å².